The summed E-state index contributed by atoms with van der Waals surface area (Å²) in [5.74, 6) is 0.102. The minimum absolute atomic E-state index is 0.0672. The molecule has 2 aliphatic rings. The topological polar surface area (TPSA) is 90.1 Å². The molecule has 0 atom stereocenters. The molecule has 0 amide bonds. The van der Waals surface area contributed by atoms with Crippen LogP contribution >= 0.6 is 0 Å². The van der Waals surface area contributed by atoms with Gasteiger partial charge in [-0.1, -0.05) is 0 Å². The van der Waals surface area contributed by atoms with E-state index in [0.29, 0.717) is 19.6 Å². The average Bonchev–Trinajstić information content (AvgIpc) is 2.98. The summed E-state index contributed by atoms with van der Waals surface area (Å²) >= 11 is 0. The lowest BCUT2D eigenvalue weighted by Gasteiger charge is -2.37. The zero-order valence-corrected chi connectivity index (χ0v) is 14.9. The molecule has 1 aliphatic heterocycles. The predicted octanol–water partition coefficient (Wildman–Crippen LogP) is 0.176. The number of hydrogen-bond acceptors (Lipinski definition) is 5. The summed E-state index contributed by atoms with van der Waals surface area (Å²) in [6.07, 6.45) is 7.04. The average molecular weight is 363 g/mol. The van der Waals surface area contributed by atoms with Crippen LogP contribution in [0.25, 0.3) is 0 Å². The molecule has 1 saturated heterocycles. The largest absolute Gasteiger partial charge is 0.339 e. The minimum atomic E-state index is -3.54. The lowest BCUT2D eigenvalue weighted by molar-refractivity contribution is 0.171. The Labute approximate surface area is 146 Å². The van der Waals surface area contributed by atoms with E-state index in [0.717, 1.165) is 36.9 Å². The van der Waals surface area contributed by atoms with Crippen molar-refractivity contribution in [2.24, 2.45) is 13.0 Å². The van der Waals surface area contributed by atoms with Gasteiger partial charge in [0.2, 0.25) is 0 Å². The maximum absolute atomic E-state index is 12.5. The first kappa shape index (κ1) is 16.5. The molecule has 134 valence electrons. The van der Waals surface area contributed by atoms with Crippen molar-refractivity contribution in [2.45, 2.75) is 37.3 Å². The summed E-state index contributed by atoms with van der Waals surface area (Å²) in [7, 11) is -1.80. The second-order valence-electron chi connectivity index (χ2n) is 6.91. The van der Waals surface area contributed by atoms with Gasteiger partial charge < -0.3 is 4.57 Å². The zero-order valence-electron chi connectivity index (χ0n) is 14.1. The van der Waals surface area contributed by atoms with E-state index in [1.54, 1.807) is 17.7 Å². The molecule has 0 aromatic carbocycles. The molecule has 0 N–H and O–H groups in total. The highest BCUT2D eigenvalue weighted by Gasteiger charge is 2.38. The van der Waals surface area contributed by atoms with E-state index in [1.165, 1.54) is 21.5 Å². The molecule has 0 spiro atoms. The van der Waals surface area contributed by atoms with Crippen molar-refractivity contribution in [2.75, 3.05) is 13.1 Å². The molecule has 0 saturated carbocycles. The van der Waals surface area contributed by atoms with Crippen LogP contribution in [-0.4, -0.2) is 45.1 Å². The van der Waals surface area contributed by atoms with Gasteiger partial charge in [-0.05, 0) is 31.2 Å². The molecule has 1 fully saturated rings. The quantitative estimate of drug-likeness (QED) is 0.773. The normalized spacial score (nSPS) is 18.8. The highest BCUT2D eigenvalue weighted by atomic mass is 32.2. The van der Waals surface area contributed by atoms with Crippen molar-refractivity contribution in [3.63, 3.8) is 0 Å². The van der Waals surface area contributed by atoms with Gasteiger partial charge in [-0.2, -0.15) is 9.40 Å². The van der Waals surface area contributed by atoms with Crippen LogP contribution in [0.5, 0.6) is 0 Å². The van der Waals surface area contributed by atoms with E-state index in [9.17, 15) is 13.2 Å². The summed E-state index contributed by atoms with van der Waals surface area (Å²) in [4.78, 5) is 16.2. The lowest BCUT2D eigenvalue weighted by Crippen LogP contribution is -2.52. The summed E-state index contributed by atoms with van der Waals surface area (Å²) < 4.78 is 29.4. The van der Waals surface area contributed by atoms with Gasteiger partial charge in [-0.15, -0.1) is 0 Å². The third-order valence-corrected chi connectivity index (χ3v) is 6.63. The second-order valence-corrected chi connectivity index (χ2v) is 8.79. The van der Waals surface area contributed by atoms with Gasteiger partial charge in [-0.3, -0.25) is 4.79 Å². The fraction of sp³-hybridized carbons (Fsp3) is 0.562. The Morgan fingerprint density at radius 3 is 2.72 bits per heavy atom. The molecule has 4 rings (SSSR count). The van der Waals surface area contributed by atoms with Gasteiger partial charge in [0.15, 0.2) is 5.03 Å². The van der Waals surface area contributed by atoms with Crippen molar-refractivity contribution >= 4 is 10.0 Å². The van der Waals surface area contributed by atoms with Gasteiger partial charge in [0.05, 0.1) is 18.6 Å². The third-order valence-electron chi connectivity index (χ3n) is 4.91. The number of fused-ring (bicyclic) bond motifs is 1. The van der Waals surface area contributed by atoms with Crippen LogP contribution in [0, 0.1) is 5.92 Å². The Hall–Kier alpha value is -2.00. The highest BCUT2D eigenvalue weighted by Crippen LogP contribution is 2.25. The standard InChI is InChI=1S/C16H21N5O3S/c1-19-10-15(17-11-19)25(23,24)20-7-12(8-20)9-21-16(22)6-13-4-2-3-5-14(13)18-21/h6,10-12H,2-5,7-9H2,1H3. The van der Waals surface area contributed by atoms with Gasteiger partial charge in [0.1, 0.15) is 0 Å². The van der Waals surface area contributed by atoms with Crippen LogP contribution < -0.4 is 5.56 Å². The fourth-order valence-electron chi connectivity index (χ4n) is 3.46. The Morgan fingerprint density at radius 1 is 1.24 bits per heavy atom. The van der Waals surface area contributed by atoms with E-state index >= 15 is 0 Å². The Kier molecular flexibility index (Phi) is 3.99. The third kappa shape index (κ3) is 3.02. The number of imidazole rings is 1. The van der Waals surface area contributed by atoms with Crippen molar-refractivity contribution in [1.82, 2.24) is 23.6 Å². The number of aryl methyl sites for hydroxylation is 3. The molecule has 2 aromatic rings. The molecular formula is C16H21N5O3S. The molecule has 25 heavy (non-hydrogen) atoms. The smallest absolute Gasteiger partial charge is 0.267 e. The molecular weight excluding hydrogens is 342 g/mol. The van der Waals surface area contributed by atoms with Crippen LogP contribution in [0.2, 0.25) is 0 Å². The highest BCUT2D eigenvalue weighted by molar-refractivity contribution is 7.89. The first-order valence-electron chi connectivity index (χ1n) is 8.51. The number of rotatable bonds is 4. The number of sulfonamides is 1. The van der Waals surface area contributed by atoms with Crippen molar-refractivity contribution in [1.29, 1.82) is 0 Å². The van der Waals surface area contributed by atoms with Gasteiger partial charge in [-0.25, -0.2) is 18.1 Å². The summed E-state index contributed by atoms with van der Waals surface area (Å²) in [5, 5.41) is 4.57. The van der Waals surface area contributed by atoms with Crippen molar-refractivity contribution in [3.8, 4) is 0 Å². The van der Waals surface area contributed by atoms with Gasteiger partial charge >= 0.3 is 0 Å². The minimum Gasteiger partial charge on any atom is -0.339 e. The fourth-order valence-corrected chi connectivity index (χ4v) is 5.02. The number of nitrogens with zero attached hydrogens (tertiary/aromatic N) is 5. The maximum Gasteiger partial charge on any atom is 0.267 e. The lowest BCUT2D eigenvalue weighted by atomic mass is 9.97. The molecule has 0 unspecified atom stereocenters. The molecule has 0 radical (unpaired) electrons. The van der Waals surface area contributed by atoms with Crippen LogP contribution in [0.1, 0.15) is 24.1 Å². The summed E-state index contributed by atoms with van der Waals surface area (Å²) in [6, 6.07) is 1.70. The van der Waals surface area contributed by atoms with E-state index < -0.39 is 10.0 Å². The first-order valence-corrected chi connectivity index (χ1v) is 9.95. The van der Waals surface area contributed by atoms with Crippen LogP contribution in [0.4, 0.5) is 0 Å². The monoisotopic (exact) mass is 363 g/mol. The zero-order chi connectivity index (χ0) is 17.6. The van der Waals surface area contributed by atoms with Crippen molar-refractivity contribution < 1.29 is 8.42 Å². The van der Waals surface area contributed by atoms with Gasteiger partial charge in [0.25, 0.3) is 15.6 Å². The summed E-state index contributed by atoms with van der Waals surface area (Å²) in [5.41, 5.74) is 2.00. The molecule has 1 aliphatic carbocycles. The van der Waals surface area contributed by atoms with Gasteiger partial charge in [0, 0.05) is 38.3 Å². The van der Waals surface area contributed by atoms with Crippen LogP contribution in [0.3, 0.4) is 0 Å². The Morgan fingerprint density at radius 2 is 2.00 bits per heavy atom. The van der Waals surface area contributed by atoms with Crippen LogP contribution in [-0.2, 0) is 36.5 Å². The van der Waals surface area contributed by atoms with E-state index in [2.05, 4.69) is 10.1 Å². The second kappa shape index (κ2) is 6.06. The molecule has 9 heteroatoms. The van der Waals surface area contributed by atoms with E-state index in [4.69, 9.17) is 0 Å². The Bertz CT molecular complexity index is 956. The molecule has 0 bridgehead atoms. The van der Waals surface area contributed by atoms with E-state index in [-0.39, 0.29) is 16.5 Å². The van der Waals surface area contributed by atoms with Crippen LogP contribution in [0.15, 0.2) is 28.4 Å². The maximum atomic E-state index is 12.5. The van der Waals surface area contributed by atoms with E-state index in [1.807, 2.05) is 0 Å². The summed E-state index contributed by atoms with van der Waals surface area (Å²) in [6.45, 7) is 1.24. The molecule has 3 heterocycles. The Balaban J connectivity index is 1.44. The number of hydrogen-bond donors (Lipinski definition) is 0. The predicted molar refractivity (Wildman–Crippen MR) is 90.6 cm³/mol. The number of aromatic nitrogens is 4. The SMILES string of the molecule is Cn1cnc(S(=O)(=O)N2CC(Cn3nc4c(cc3=O)CCCC4)C2)c1. The first-order chi connectivity index (χ1) is 11.9. The molecule has 8 nitrogen and oxygen atoms in total. The van der Waals surface area contributed by atoms with Crippen molar-refractivity contribution in [3.05, 3.63) is 40.2 Å². The molecule has 2 aromatic heterocycles.